The van der Waals surface area contributed by atoms with Gasteiger partial charge in [0.05, 0.1) is 24.9 Å². The second kappa shape index (κ2) is 5.82. The minimum absolute atomic E-state index is 0.292. The number of hydrogen-bond acceptors (Lipinski definition) is 4. The first-order chi connectivity index (χ1) is 8.29. The van der Waals surface area contributed by atoms with E-state index in [1.165, 1.54) is 25.9 Å². The van der Waals surface area contributed by atoms with Crippen LogP contribution in [-0.4, -0.2) is 46.9 Å². The van der Waals surface area contributed by atoms with Crippen LogP contribution in [0, 0.1) is 0 Å². The van der Waals surface area contributed by atoms with E-state index < -0.39 is 0 Å². The van der Waals surface area contributed by atoms with Crippen molar-refractivity contribution in [3.63, 3.8) is 0 Å². The minimum atomic E-state index is -0.292. The van der Waals surface area contributed by atoms with Crippen LogP contribution in [0.3, 0.4) is 0 Å². The van der Waals surface area contributed by atoms with Gasteiger partial charge in [0.1, 0.15) is 0 Å². The van der Waals surface area contributed by atoms with E-state index >= 15 is 0 Å². The molecule has 0 bridgehead atoms. The molecular formula is C12H19N3O2. The second-order valence-electron chi connectivity index (χ2n) is 4.26. The second-order valence-corrected chi connectivity index (χ2v) is 4.26. The summed E-state index contributed by atoms with van der Waals surface area (Å²) in [5.41, 5.74) is 0.535. The molecule has 0 aliphatic carbocycles. The lowest BCUT2D eigenvalue weighted by molar-refractivity contribution is 0.0526. The summed E-state index contributed by atoms with van der Waals surface area (Å²) >= 11 is 0. The summed E-state index contributed by atoms with van der Waals surface area (Å²) in [5, 5.41) is 4.17. The highest BCUT2D eigenvalue weighted by molar-refractivity contribution is 5.88. The van der Waals surface area contributed by atoms with E-state index in [1.54, 1.807) is 19.3 Å². The highest BCUT2D eigenvalue weighted by Crippen LogP contribution is 2.07. The van der Waals surface area contributed by atoms with E-state index in [9.17, 15) is 4.79 Å². The van der Waals surface area contributed by atoms with Crippen molar-refractivity contribution in [2.75, 3.05) is 26.2 Å². The summed E-state index contributed by atoms with van der Waals surface area (Å²) in [4.78, 5) is 13.9. The summed E-state index contributed by atoms with van der Waals surface area (Å²) in [7, 11) is 0. The zero-order valence-corrected chi connectivity index (χ0v) is 10.3. The van der Waals surface area contributed by atoms with E-state index in [-0.39, 0.29) is 5.97 Å². The molecule has 0 amide bonds. The predicted molar refractivity (Wildman–Crippen MR) is 63.9 cm³/mol. The molecule has 2 heterocycles. The van der Waals surface area contributed by atoms with E-state index in [2.05, 4.69) is 10.00 Å². The van der Waals surface area contributed by atoms with Gasteiger partial charge < -0.3 is 9.64 Å². The van der Waals surface area contributed by atoms with Gasteiger partial charge in [-0.25, -0.2) is 4.79 Å². The summed E-state index contributed by atoms with van der Waals surface area (Å²) in [5.74, 6) is -0.292. The molecule has 1 aromatic heterocycles. The van der Waals surface area contributed by atoms with E-state index in [4.69, 9.17) is 4.74 Å². The van der Waals surface area contributed by atoms with Crippen LogP contribution in [0.2, 0.25) is 0 Å². The molecule has 0 aromatic carbocycles. The molecule has 0 radical (unpaired) electrons. The van der Waals surface area contributed by atoms with Crippen molar-refractivity contribution in [3.05, 3.63) is 18.0 Å². The van der Waals surface area contributed by atoms with Crippen molar-refractivity contribution < 1.29 is 9.53 Å². The van der Waals surface area contributed by atoms with E-state index in [1.807, 2.05) is 4.68 Å². The highest BCUT2D eigenvalue weighted by Gasteiger charge is 2.12. The summed E-state index contributed by atoms with van der Waals surface area (Å²) < 4.78 is 6.73. The molecule has 0 atom stereocenters. The summed E-state index contributed by atoms with van der Waals surface area (Å²) in [6.07, 6.45) is 5.93. The third kappa shape index (κ3) is 3.30. The highest BCUT2D eigenvalue weighted by atomic mass is 16.5. The maximum absolute atomic E-state index is 11.4. The maximum atomic E-state index is 11.4. The number of carbonyl (C=O) groups excluding carboxylic acids is 1. The molecule has 1 aromatic rings. The monoisotopic (exact) mass is 237 g/mol. The molecule has 1 aliphatic rings. The molecule has 0 unspecified atom stereocenters. The number of nitrogens with zero attached hydrogens (tertiary/aromatic N) is 3. The van der Waals surface area contributed by atoms with E-state index in [0.29, 0.717) is 12.2 Å². The van der Waals surface area contributed by atoms with Crippen LogP contribution < -0.4 is 0 Å². The summed E-state index contributed by atoms with van der Waals surface area (Å²) in [6.45, 7) is 6.41. The molecule has 17 heavy (non-hydrogen) atoms. The molecule has 0 N–H and O–H groups in total. The molecule has 5 heteroatoms. The van der Waals surface area contributed by atoms with Crippen LogP contribution in [0.4, 0.5) is 0 Å². The van der Waals surface area contributed by atoms with Crippen molar-refractivity contribution >= 4 is 5.97 Å². The first-order valence-electron chi connectivity index (χ1n) is 6.21. The largest absolute Gasteiger partial charge is 0.462 e. The molecule has 1 aliphatic heterocycles. The Bertz CT molecular complexity index is 370. The van der Waals surface area contributed by atoms with Gasteiger partial charge in [-0.1, -0.05) is 0 Å². The Morgan fingerprint density at radius 1 is 1.41 bits per heavy atom. The van der Waals surface area contributed by atoms with Crippen LogP contribution in [0.25, 0.3) is 0 Å². The molecule has 94 valence electrons. The Morgan fingerprint density at radius 3 is 2.88 bits per heavy atom. The fraction of sp³-hybridized carbons (Fsp3) is 0.667. The van der Waals surface area contributed by atoms with Gasteiger partial charge in [-0.15, -0.1) is 0 Å². The van der Waals surface area contributed by atoms with Gasteiger partial charge in [0.15, 0.2) is 0 Å². The lowest BCUT2D eigenvalue weighted by Gasteiger charge is -2.13. The Kier molecular flexibility index (Phi) is 4.14. The molecule has 0 saturated carbocycles. The van der Waals surface area contributed by atoms with Gasteiger partial charge in [-0.2, -0.15) is 5.10 Å². The van der Waals surface area contributed by atoms with Gasteiger partial charge in [0, 0.05) is 12.7 Å². The normalized spacial score (nSPS) is 16.3. The summed E-state index contributed by atoms with van der Waals surface area (Å²) in [6, 6.07) is 0. The van der Waals surface area contributed by atoms with Crippen LogP contribution >= 0.6 is 0 Å². The van der Waals surface area contributed by atoms with Crippen molar-refractivity contribution in [2.45, 2.75) is 26.3 Å². The predicted octanol–water partition coefficient (Wildman–Crippen LogP) is 1.16. The number of carbonyl (C=O) groups is 1. The van der Waals surface area contributed by atoms with Crippen molar-refractivity contribution in [3.8, 4) is 0 Å². The number of likely N-dealkylation sites (tertiary alicyclic amines) is 1. The molecule has 1 saturated heterocycles. The SMILES string of the molecule is CCOC(=O)c1cnn(CCN2CCCC2)c1. The first-order valence-corrected chi connectivity index (χ1v) is 6.21. The standard InChI is InChI=1S/C12H19N3O2/c1-2-17-12(16)11-9-13-15(10-11)8-7-14-5-3-4-6-14/h9-10H,2-8H2,1H3. The van der Waals surface area contributed by atoms with Crippen LogP contribution in [0.1, 0.15) is 30.1 Å². The van der Waals surface area contributed by atoms with E-state index in [0.717, 1.165) is 13.1 Å². The number of hydrogen-bond donors (Lipinski definition) is 0. The lowest BCUT2D eigenvalue weighted by atomic mass is 10.4. The zero-order valence-electron chi connectivity index (χ0n) is 10.3. The molecular weight excluding hydrogens is 218 g/mol. The molecule has 1 fully saturated rings. The number of ether oxygens (including phenoxy) is 1. The van der Waals surface area contributed by atoms with Crippen molar-refractivity contribution in [2.24, 2.45) is 0 Å². The fourth-order valence-electron chi connectivity index (χ4n) is 2.06. The van der Waals surface area contributed by atoms with Crippen molar-refractivity contribution in [1.82, 2.24) is 14.7 Å². The molecule has 2 rings (SSSR count). The average Bonchev–Trinajstić information content (AvgIpc) is 2.98. The minimum Gasteiger partial charge on any atom is -0.462 e. The van der Waals surface area contributed by atoms with Crippen molar-refractivity contribution in [1.29, 1.82) is 0 Å². The van der Waals surface area contributed by atoms with Crippen LogP contribution in [0.15, 0.2) is 12.4 Å². The fourth-order valence-corrected chi connectivity index (χ4v) is 2.06. The number of aromatic nitrogens is 2. The topological polar surface area (TPSA) is 47.4 Å². The smallest absolute Gasteiger partial charge is 0.341 e. The lowest BCUT2D eigenvalue weighted by Crippen LogP contribution is -2.24. The zero-order chi connectivity index (χ0) is 12.1. The Hall–Kier alpha value is -1.36. The maximum Gasteiger partial charge on any atom is 0.341 e. The van der Waals surface area contributed by atoms with Crippen LogP contribution in [0.5, 0.6) is 0 Å². The van der Waals surface area contributed by atoms with Gasteiger partial charge >= 0.3 is 5.97 Å². The van der Waals surface area contributed by atoms with Gasteiger partial charge in [-0.05, 0) is 32.9 Å². The Balaban J connectivity index is 1.83. The number of esters is 1. The molecule has 0 spiro atoms. The Morgan fingerprint density at radius 2 is 2.18 bits per heavy atom. The molecule has 5 nitrogen and oxygen atoms in total. The number of rotatable bonds is 5. The van der Waals surface area contributed by atoms with Gasteiger partial charge in [-0.3, -0.25) is 4.68 Å². The van der Waals surface area contributed by atoms with Gasteiger partial charge in [0.2, 0.25) is 0 Å². The first kappa shape index (κ1) is 12.1. The third-order valence-electron chi connectivity index (χ3n) is 2.99. The quantitative estimate of drug-likeness (QED) is 0.721. The van der Waals surface area contributed by atoms with Crippen LogP contribution in [-0.2, 0) is 11.3 Å². The van der Waals surface area contributed by atoms with Gasteiger partial charge in [0.25, 0.3) is 0 Å². The Labute approximate surface area is 101 Å². The third-order valence-corrected chi connectivity index (χ3v) is 2.99. The average molecular weight is 237 g/mol.